The molecular formula is C24H19ClF3N7O3. The van der Waals surface area contributed by atoms with Crippen LogP contribution in [0.1, 0.15) is 35.8 Å². The van der Waals surface area contributed by atoms with Gasteiger partial charge in [-0.05, 0) is 37.3 Å². The first-order valence-electron chi connectivity index (χ1n) is 11.3. The zero-order valence-electron chi connectivity index (χ0n) is 19.6. The number of aliphatic hydroxyl groups excluding tert-OH is 2. The minimum absolute atomic E-state index is 0.0372. The zero-order valence-corrected chi connectivity index (χ0v) is 20.4. The smallest absolute Gasteiger partial charge is 0.194 e. The summed E-state index contributed by atoms with van der Waals surface area (Å²) in [4.78, 5) is 4.47. The zero-order chi connectivity index (χ0) is 27.1. The molecule has 1 aliphatic rings. The molecule has 2 aromatic carbocycles. The quantitative estimate of drug-likeness (QED) is 0.365. The molecule has 1 aliphatic heterocycles. The maximum absolute atomic E-state index is 13.7. The standard InChI is InChI=1S/C24H19ClF3N7O3/c1-11-30-24(35(32-11)18-6-14(25)3-2-12(18)8-29)20-7-19(23(37)21(10-36)38-20)34-9-17(31-33-34)13-4-15(26)22(28)16(27)5-13/h2-6,9,19-21,23,36-37H,7,10H2,1H3. The molecule has 1 saturated heterocycles. The Balaban J connectivity index is 1.52. The Hall–Kier alpha value is -3.83. The Labute approximate surface area is 218 Å². The molecule has 38 heavy (non-hydrogen) atoms. The van der Waals surface area contributed by atoms with Crippen molar-refractivity contribution >= 4 is 11.6 Å². The highest BCUT2D eigenvalue weighted by atomic mass is 35.5. The molecule has 1 fully saturated rings. The number of nitrogens with zero attached hydrogens (tertiary/aromatic N) is 7. The molecule has 3 heterocycles. The van der Waals surface area contributed by atoms with Gasteiger partial charge in [-0.2, -0.15) is 10.4 Å². The highest BCUT2D eigenvalue weighted by Crippen LogP contribution is 2.38. The third-order valence-corrected chi connectivity index (χ3v) is 6.45. The summed E-state index contributed by atoms with van der Waals surface area (Å²) in [6.45, 7) is 1.11. The number of hydrogen-bond donors (Lipinski definition) is 2. The van der Waals surface area contributed by atoms with Gasteiger partial charge in [-0.25, -0.2) is 27.5 Å². The maximum Gasteiger partial charge on any atom is 0.194 e. The summed E-state index contributed by atoms with van der Waals surface area (Å²) >= 11 is 6.16. The molecule has 10 nitrogen and oxygen atoms in total. The average molecular weight is 546 g/mol. The van der Waals surface area contributed by atoms with Gasteiger partial charge in [0.05, 0.1) is 30.1 Å². The van der Waals surface area contributed by atoms with Gasteiger partial charge in [0.25, 0.3) is 0 Å². The van der Waals surface area contributed by atoms with Crippen molar-refractivity contribution < 1.29 is 28.1 Å². The molecule has 5 rings (SSSR count). The van der Waals surface area contributed by atoms with Crippen LogP contribution in [-0.2, 0) is 4.74 Å². The van der Waals surface area contributed by atoms with Crippen molar-refractivity contribution in [2.24, 2.45) is 0 Å². The van der Waals surface area contributed by atoms with E-state index < -0.39 is 48.4 Å². The first-order valence-corrected chi connectivity index (χ1v) is 11.7. The van der Waals surface area contributed by atoms with Crippen LogP contribution in [0.3, 0.4) is 0 Å². The number of ether oxygens (including phenoxy) is 1. The predicted octanol–water partition coefficient (Wildman–Crippen LogP) is 3.20. The van der Waals surface area contributed by atoms with Crippen LogP contribution in [0.4, 0.5) is 13.2 Å². The van der Waals surface area contributed by atoms with E-state index in [4.69, 9.17) is 16.3 Å². The molecule has 0 amide bonds. The number of aliphatic hydroxyl groups is 2. The fourth-order valence-electron chi connectivity index (χ4n) is 4.40. The van der Waals surface area contributed by atoms with E-state index >= 15 is 0 Å². The summed E-state index contributed by atoms with van der Waals surface area (Å²) in [5.41, 5.74) is 0.636. The second-order valence-electron chi connectivity index (χ2n) is 8.68. The third kappa shape index (κ3) is 4.63. The van der Waals surface area contributed by atoms with Crippen LogP contribution in [0.5, 0.6) is 0 Å². The lowest BCUT2D eigenvalue weighted by Crippen LogP contribution is -2.45. The van der Waals surface area contributed by atoms with Crippen molar-refractivity contribution in [3.8, 4) is 23.0 Å². The van der Waals surface area contributed by atoms with E-state index in [-0.39, 0.29) is 23.2 Å². The highest BCUT2D eigenvalue weighted by molar-refractivity contribution is 6.30. The van der Waals surface area contributed by atoms with Crippen LogP contribution in [0.15, 0.2) is 36.5 Å². The van der Waals surface area contributed by atoms with Gasteiger partial charge in [0.2, 0.25) is 0 Å². The molecule has 4 atom stereocenters. The molecule has 196 valence electrons. The topological polar surface area (TPSA) is 135 Å². The first-order chi connectivity index (χ1) is 18.2. The van der Waals surface area contributed by atoms with E-state index in [9.17, 15) is 28.6 Å². The summed E-state index contributed by atoms with van der Waals surface area (Å²) in [5.74, 6) is -3.70. The molecule has 14 heteroatoms. The molecule has 4 aromatic rings. The number of benzene rings is 2. The van der Waals surface area contributed by atoms with Gasteiger partial charge in [0.1, 0.15) is 35.9 Å². The molecular weight excluding hydrogens is 527 g/mol. The summed E-state index contributed by atoms with van der Waals surface area (Å²) in [5, 5.41) is 43.1. The lowest BCUT2D eigenvalue weighted by molar-refractivity contribution is -0.161. The van der Waals surface area contributed by atoms with Gasteiger partial charge >= 0.3 is 0 Å². The molecule has 4 unspecified atom stereocenters. The molecule has 0 spiro atoms. The number of hydrogen-bond acceptors (Lipinski definition) is 8. The van der Waals surface area contributed by atoms with Gasteiger partial charge in [-0.1, -0.05) is 16.8 Å². The average Bonchev–Trinajstić information content (AvgIpc) is 3.54. The minimum Gasteiger partial charge on any atom is -0.394 e. The van der Waals surface area contributed by atoms with Crippen molar-refractivity contribution in [3.63, 3.8) is 0 Å². The van der Waals surface area contributed by atoms with E-state index in [2.05, 4.69) is 26.5 Å². The normalized spacial score (nSPS) is 21.4. The Bertz CT molecular complexity index is 1530. The van der Waals surface area contributed by atoms with Crippen LogP contribution in [0.25, 0.3) is 16.9 Å². The van der Waals surface area contributed by atoms with E-state index in [0.717, 1.165) is 12.1 Å². The number of aryl methyl sites for hydroxylation is 1. The molecule has 2 N–H and O–H groups in total. The van der Waals surface area contributed by atoms with Crippen LogP contribution in [0, 0.1) is 35.7 Å². The molecule has 0 saturated carbocycles. The lowest BCUT2D eigenvalue weighted by Gasteiger charge is -2.38. The Morgan fingerprint density at radius 3 is 2.63 bits per heavy atom. The van der Waals surface area contributed by atoms with Gasteiger partial charge in [0, 0.05) is 17.0 Å². The molecule has 0 radical (unpaired) electrons. The largest absolute Gasteiger partial charge is 0.394 e. The number of halogens is 4. The molecule has 0 bridgehead atoms. The fourth-order valence-corrected chi connectivity index (χ4v) is 4.57. The predicted molar refractivity (Wildman–Crippen MR) is 126 cm³/mol. The van der Waals surface area contributed by atoms with Crippen molar-refractivity contribution in [1.29, 1.82) is 5.26 Å². The Morgan fingerprint density at radius 1 is 1.21 bits per heavy atom. The SMILES string of the molecule is Cc1nc(C2CC(n3cc(-c4cc(F)c(F)c(F)c4)nn3)C(O)C(CO)O2)n(-c2cc(Cl)ccc2C#N)n1. The Morgan fingerprint density at radius 2 is 1.95 bits per heavy atom. The van der Waals surface area contributed by atoms with Crippen LogP contribution >= 0.6 is 11.6 Å². The van der Waals surface area contributed by atoms with E-state index in [0.29, 0.717) is 22.4 Å². The monoisotopic (exact) mass is 545 g/mol. The summed E-state index contributed by atoms with van der Waals surface area (Å²) in [6, 6.07) is 7.51. The highest BCUT2D eigenvalue weighted by Gasteiger charge is 2.42. The van der Waals surface area contributed by atoms with Gasteiger partial charge in [0.15, 0.2) is 23.3 Å². The van der Waals surface area contributed by atoms with Crippen molar-refractivity contribution in [3.05, 3.63) is 76.2 Å². The van der Waals surface area contributed by atoms with E-state index in [1.54, 1.807) is 25.1 Å². The second-order valence-corrected chi connectivity index (χ2v) is 9.12. The number of rotatable bonds is 5. The maximum atomic E-state index is 13.7. The number of aromatic nitrogens is 6. The summed E-state index contributed by atoms with van der Waals surface area (Å²) < 4.78 is 49.5. The molecule has 2 aromatic heterocycles. The second kappa shape index (κ2) is 10.1. The number of nitriles is 1. The summed E-state index contributed by atoms with van der Waals surface area (Å²) in [6.07, 6.45) is -1.72. The van der Waals surface area contributed by atoms with Crippen molar-refractivity contribution in [2.45, 2.75) is 37.7 Å². The minimum atomic E-state index is -1.60. The fraction of sp³-hybridized carbons (Fsp3) is 0.292. The Kier molecular flexibility index (Phi) is 6.89. The van der Waals surface area contributed by atoms with Crippen molar-refractivity contribution in [2.75, 3.05) is 6.61 Å². The van der Waals surface area contributed by atoms with E-state index in [1.165, 1.54) is 15.6 Å². The van der Waals surface area contributed by atoms with Crippen LogP contribution in [-0.4, -0.2) is 58.8 Å². The third-order valence-electron chi connectivity index (χ3n) is 6.21. The first kappa shape index (κ1) is 25.8. The van der Waals surface area contributed by atoms with Crippen LogP contribution < -0.4 is 0 Å². The summed E-state index contributed by atoms with van der Waals surface area (Å²) in [7, 11) is 0. The van der Waals surface area contributed by atoms with Gasteiger partial charge in [-0.3, -0.25) is 0 Å². The van der Waals surface area contributed by atoms with Gasteiger partial charge < -0.3 is 14.9 Å². The lowest BCUT2D eigenvalue weighted by atomic mass is 9.95. The van der Waals surface area contributed by atoms with E-state index in [1.807, 2.05) is 0 Å². The molecule has 0 aliphatic carbocycles. The van der Waals surface area contributed by atoms with Crippen molar-refractivity contribution in [1.82, 2.24) is 29.8 Å². The van der Waals surface area contributed by atoms with Gasteiger partial charge in [-0.15, -0.1) is 5.10 Å². The van der Waals surface area contributed by atoms with Crippen LogP contribution in [0.2, 0.25) is 5.02 Å².